The highest BCUT2D eigenvalue weighted by Gasteiger charge is 2.27. The van der Waals surface area contributed by atoms with E-state index in [2.05, 4.69) is 0 Å². The van der Waals surface area contributed by atoms with Crippen LogP contribution in [0.3, 0.4) is 0 Å². The second-order valence-electron chi connectivity index (χ2n) is 6.43. The SMILES string of the molecule is Cc1ccc(S(=O)(=O)OC2CCC(c3ccc(O)cc3)CC2)cc1. The molecule has 0 unspecified atom stereocenters. The van der Waals surface area contributed by atoms with Gasteiger partial charge in [-0.3, -0.25) is 4.18 Å². The van der Waals surface area contributed by atoms with Crippen molar-refractivity contribution in [1.82, 2.24) is 0 Å². The predicted octanol–water partition coefficient (Wildman–Crippen LogP) is 4.13. The predicted molar refractivity (Wildman–Crippen MR) is 92.6 cm³/mol. The molecule has 3 rings (SSSR count). The van der Waals surface area contributed by atoms with Gasteiger partial charge in [0.25, 0.3) is 10.1 Å². The van der Waals surface area contributed by atoms with Crippen molar-refractivity contribution in [1.29, 1.82) is 0 Å². The molecule has 2 aromatic rings. The minimum absolute atomic E-state index is 0.216. The molecule has 2 aromatic carbocycles. The molecular weight excluding hydrogens is 324 g/mol. The van der Waals surface area contributed by atoms with Crippen LogP contribution < -0.4 is 0 Å². The topological polar surface area (TPSA) is 63.6 Å². The minimum Gasteiger partial charge on any atom is -0.508 e. The number of rotatable bonds is 4. The van der Waals surface area contributed by atoms with Gasteiger partial charge < -0.3 is 5.11 Å². The third kappa shape index (κ3) is 3.97. The average Bonchev–Trinajstić information content (AvgIpc) is 2.56. The van der Waals surface area contributed by atoms with E-state index >= 15 is 0 Å². The molecule has 5 heteroatoms. The third-order valence-corrected chi connectivity index (χ3v) is 5.99. The first-order valence-corrected chi connectivity index (χ1v) is 9.64. The Hall–Kier alpha value is -1.85. The molecule has 1 N–H and O–H groups in total. The van der Waals surface area contributed by atoms with Crippen molar-refractivity contribution < 1.29 is 17.7 Å². The fraction of sp³-hybridized carbons (Fsp3) is 0.368. The second-order valence-corrected chi connectivity index (χ2v) is 8.00. The van der Waals surface area contributed by atoms with Crippen LogP contribution in [0.5, 0.6) is 5.75 Å². The molecule has 4 nitrogen and oxygen atoms in total. The van der Waals surface area contributed by atoms with Gasteiger partial charge in [0.05, 0.1) is 11.0 Å². The molecule has 1 aliphatic carbocycles. The van der Waals surface area contributed by atoms with Crippen molar-refractivity contribution in [2.75, 3.05) is 0 Å². The van der Waals surface area contributed by atoms with Gasteiger partial charge in [0.2, 0.25) is 0 Å². The summed E-state index contributed by atoms with van der Waals surface area (Å²) in [6.07, 6.45) is 2.95. The molecule has 0 bridgehead atoms. The van der Waals surface area contributed by atoms with Crippen LogP contribution in [0.25, 0.3) is 0 Å². The van der Waals surface area contributed by atoms with Gasteiger partial charge in [0, 0.05) is 0 Å². The summed E-state index contributed by atoms with van der Waals surface area (Å²) in [5.74, 6) is 0.660. The zero-order valence-electron chi connectivity index (χ0n) is 13.7. The average molecular weight is 346 g/mol. The summed E-state index contributed by atoms with van der Waals surface area (Å²) in [6, 6.07) is 14.0. The van der Waals surface area contributed by atoms with E-state index < -0.39 is 10.1 Å². The maximum atomic E-state index is 12.4. The van der Waals surface area contributed by atoms with Gasteiger partial charge in [-0.15, -0.1) is 0 Å². The summed E-state index contributed by atoms with van der Waals surface area (Å²) in [7, 11) is -3.70. The fourth-order valence-electron chi connectivity index (χ4n) is 3.18. The van der Waals surface area contributed by atoms with E-state index in [-0.39, 0.29) is 16.7 Å². The van der Waals surface area contributed by atoms with Crippen molar-refractivity contribution >= 4 is 10.1 Å². The summed E-state index contributed by atoms with van der Waals surface area (Å²) >= 11 is 0. The van der Waals surface area contributed by atoms with Crippen molar-refractivity contribution in [3.05, 3.63) is 59.7 Å². The molecule has 128 valence electrons. The molecular formula is C19H22O4S. The number of phenolic OH excluding ortho intramolecular Hbond substituents is 1. The van der Waals surface area contributed by atoms with Gasteiger partial charge in [0.15, 0.2) is 0 Å². The molecule has 0 saturated heterocycles. The quantitative estimate of drug-likeness (QED) is 0.846. The Balaban J connectivity index is 1.60. The maximum absolute atomic E-state index is 12.4. The molecule has 0 aromatic heterocycles. The molecule has 0 amide bonds. The van der Waals surface area contributed by atoms with Crippen LogP contribution in [0, 0.1) is 6.92 Å². The molecule has 1 aliphatic rings. The maximum Gasteiger partial charge on any atom is 0.297 e. The molecule has 0 aliphatic heterocycles. The Bertz CT molecular complexity index is 771. The summed E-state index contributed by atoms with van der Waals surface area (Å²) in [6.45, 7) is 1.92. The van der Waals surface area contributed by atoms with Crippen molar-refractivity contribution in [3.8, 4) is 5.75 Å². The summed E-state index contributed by atoms with van der Waals surface area (Å²) in [5.41, 5.74) is 2.20. The number of aryl methyl sites for hydroxylation is 1. The number of phenols is 1. The van der Waals surface area contributed by atoms with E-state index in [1.54, 1.807) is 36.4 Å². The summed E-state index contributed by atoms with van der Waals surface area (Å²) in [4.78, 5) is 0.216. The third-order valence-electron chi connectivity index (χ3n) is 4.61. The first-order valence-electron chi connectivity index (χ1n) is 8.23. The van der Waals surface area contributed by atoms with Crippen LogP contribution in [0.2, 0.25) is 0 Å². The van der Waals surface area contributed by atoms with Gasteiger partial charge in [0.1, 0.15) is 5.75 Å². The largest absolute Gasteiger partial charge is 0.508 e. The van der Waals surface area contributed by atoms with Gasteiger partial charge >= 0.3 is 0 Å². The monoisotopic (exact) mass is 346 g/mol. The van der Waals surface area contributed by atoms with Crippen LogP contribution >= 0.6 is 0 Å². The van der Waals surface area contributed by atoms with Crippen LogP contribution in [0.1, 0.15) is 42.7 Å². The van der Waals surface area contributed by atoms with Crippen molar-refractivity contribution in [2.45, 2.75) is 49.5 Å². The van der Waals surface area contributed by atoms with Gasteiger partial charge in [-0.05, 0) is 68.4 Å². The lowest BCUT2D eigenvalue weighted by Crippen LogP contribution is -2.24. The first kappa shape index (κ1) is 17.0. The summed E-state index contributed by atoms with van der Waals surface area (Å²) < 4.78 is 30.1. The van der Waals surface area contributed by atoms with Crippen LogP contribution in [0.4, 0.5) is 0 Å². The number of hydrogen-bond acceptors (Lipinski definition) is 4. The Kier molecular flexibility index (Phi) is 4.92. The highest BCUT2D eigenvalue weighted by molar-refractivity contribution is 7.86. The smallest absolute Gasteiger partial charge is 0.297 e. The first-order chi connectivity index (χ1) is 11.4. The zero-order chi connectivity index (χ0) is 17.2. The van der Waals surface area contributed by atoms with Crippen LogP contribution in [0.15, 0.2) is 53.4 Å². The van der Waals surface area contributed by atoms with Crippen molar-refractivity contribution in [2.24, 2.45) is 0 Å². The molecule has 0 heterocycles. The van der Waals surface area contributed by atoms with Gasteiger partial charge in [-0.1, -0.05) is 29.8 Å². The lowest BCUT2D eigenvalue weighted by atomic mass is 9.83. The second kappa shape index (κ2) is 6.95. The molecule has 1 fully saturated rings. The van der Waals surface area contributed by atoms with Crippen LogP contribution in [-0.2, 0) is 14.3 Å². The lowest BCUT2D eigenvalue weighted by molar-refractivity contribution is 0.153. The lowest BCUT2D eigenvalue weighted by Gasteiger charge is -2.28. The number of hydrogen-bond donors (Lipinski definition) is 1. The fourth-order valence-corrected chi connectivity index (χ4v) is 4.31. The molecule has 0 spiro atoms. The van der Waals surface area contributed by atoms with E-state index in [1.165, 1.54) is 5.56 Å². The van der Waals surface area contributed by atoms with Gasteiger partial charge in [-0.25, -0.2) is 0 Å². The molecule has 1 saturated carbocycles. The number of aromatic hydroxyl groups is 1. The van der Waals surface area contributed by atoms with E-state index in [0.717, 1.165) is 31.2 Å². The highest BCUT2D eigenvalue weighted by atomic mass is 32.2. The van der Waals surface area contributed by atoms with E-state index in [1.807, 2.05) is 19.1 Å². The Morgan fingerprint density at radius 3 is 2.08 bits per heavy atom. The standard InChI is InChI=1S/C19H22O4S/c1-14-2-12-19(13-3-14)24(21,22)23-18-10-6-16(7-11-18)15-4-8-17(20)9-5-15/h2-5,8-9,12-13,16,18,20H,6-7,10-11H2,1H3. The highest BCUT2D eigenvalue weighted by Crippen LogP contribution is 2.35. The normalized spacial score (nSPS) is 21.5. The van der Waals surface area contributed by atoms with Gasteiger partial charge in [-0.2, -0.15) is 8.42 Å². The molecule has 0 atom stereocenters. The Labute approximate surface area is 143 Å². The summed E-state index contributed by atoms with van der Waals surface area (Å²) in [5, 5.41) is 9.36. The van der Waals surface area contributed by atoms with Crippen LogP contribution in [-0.4, -0.2) is 19.6 Å². The Morgan fingerprint density at radius 2 is 1.50 bits per heavy atom. The Morgan fingerprint density at radius 1 is 0.917 bits per heavy atom. The molecule has 0 radical (unpaired) electrons. The van der Waals surface area contributed by atoms with E-state index in [9.17, 15) is 13.5 Å². The number of benzene rings is 2. The zero-order valence-corrected chi connectivity index (χ0v) is 14.5. The van der Waals surface area contributed by atoms with E-state index in [4.69, 9.17) is 4.18 Å². The molecule has 24 heavy (non-hydrogen) atoms. The minimum atomic E-state index is -3.70. The van der Waals surface area contributed by atoms with Crippen molar-refractivity contribution in [3.63, 3.8) is 0 Å². The van der Waals surface area contributed by atoms with E-state index in [0.29, 0.717) is 5.92 Å².